The zero-order chi connectivity index (χ0) is 10.4. The predicted octanol–water partition coefficient (Wildman–Crippen LogP) is 2.27. The molecule has 0 aliphatic carbocycles. The fourth-order valence-electron chi connectivity index (χ4n) is 1.36. The zero-order valence-electron chi connectivity index (χ0n) is 8.75. The highest BCUT2D eigenvalue weighted by molar-refractivity contribution is 5.32. The van der Waals surface area contributed by atoms with Gasteiger partial charge in [0.25, 0.3) is 0 Å². The third kappa shape index (κ3) is 2.86. The number of hydrogen-bond acceptors (Lipinski definition) is 2. The number of hydrogen-bond donors (Lipinski definition) is 1. The Morgan fingerprint density at radius 2 is 2.00 bits per heavy atom. The van der Waals surface area contributed by atoms with E-state index in [1.54, 1.807) is 0 Å². The van der Waals surface area contributed by atoms with Crippen molar-refractivity contribution in [3.63, 3.8) is 0 Å². The van der Waals surface area contributed by atoms with Crippen LogP contribution in [0, 0.1) is 11.3 Å². The molecule has 0 saturated heterocycles. The van der Waals surface area contributed by atoms with E-state index in [0.717, 1.165) is 18.7 Å². The van der Waals surface area contributed by atoms with Crippen LogP contribution in [-0.2, 0) is 0 Å². The summed E-state index contributed by atoms with van der Waals surface area (Å²) in [6.45, 7) is 6.28. The maximum atomic E-state index is 8.65. The van der Waals surface area contributed by atoms with Crippen LogP contribution >= 0.6 is 0 Å². The monoisotopic (exact) mass is 188 g/mol. The molecule has 0 heterocycles. The van der Waals surface area contributed by atoms with E-state index in [4.69, 9.17) is 5.26 Å². The molecule has 2 heteroatoms. The van der Waals surface area contributed by atoms with Crippen LogP contribution < -0.4 is 5.32 Å². The fraction of sp³-hybridized carbons (Fsp3) is 0.417. The van der Waals surface area contributed by atoms with Gasteiger partial charge >= 0.3 is 0 Å². The fourth-order valence-corrected chi connectivity index (χ4v) is 1.36. The number of rotatable bonds is 4. The number of nitriles is 1. The first-order valence-electron chi connectivity index (χ1n) is 4.98. The maximum absolute atomic E-state index is 8.65. The lowest BCUT2D eigenvalue weighted by molar-refractivity contribution is 0.635. The molecule has 0 aliphatic rings. The van der Waals surface area contributed by atoms with Crippen molar-refractivity contribution >= 4 is 0 Å². The molecule has 0 radical (unpaired) electrons. The first kappa shape index (κ1) is 10.7. The summed E-state index contributed by atoms with van der Waals surface area (Å²) in [5.74, 6) is 0.502. The van der Waals surface area contributed by atoms with Gasteiger partial charge in [0.05, 0.1) is 11.6 Å². The summed E-state index contributed by atoms with van der Waals surface area (Å²) in [6, 6.07) is 9.92. The zero-order valence-corrected chi connectivity index (χ0v) is 8.75. The van der Waals surface area contributed by atoms with E-state index in [-0.39, 0.29) is 0 Å². The van der Waals surface area contributed by atoms with Crippen molar-refractivity contribution in [2.24, 2.45) is 0 Å². The third-order valence-electron chi connectivity index (χ3n) is 2.31. The summed E-state index contributed by atoms with van der Waals surface area (Å²) < 4.78 is 0. The van der Waals surface area contributed by atoms with Gasteiger partial charge in [-0.1, -0.05) is 26.0 Å². The molecule has 1 N–H and O–H groups in total. The summed E-state index contributed by atoms with van der Waals surface area (Å²) in [5.41, 5.74) is 2.01. The van der Waals surface area contributed by atoms with E-state index in [1.165, 1.54) is 5.56 Å². The molecule has 1 unspecified atom stereocenters. The van der Waals surface area contributed by atoms with Crippen molar-refractivity contribution in [1.29, 1.82) is 5.26 Å². The molecule has 0 aliphatic heterocycles. The molecule has 2 nitrogen and oxygen atoms in total. The van der Waals surface area contributed by atoms with Crippen LogP contribution in [0.4, 0.5) is 0 Å². The minimum atomic E-state index is 0.502. The van der Waals surface area contributed by atoms with Gasteiger partial charge < -0.3 is 5.32 Å². The Morgan fingerprint density at radius 3 is 2.50 bits per heavy atom. The lowest BCUT2D eigenvalue weighted by Gasteiger charge is -2.11. The van der Waals surface area contributed by atoms with Gasteiger partial charge in [0.2, 0.25) is 0 Å². The minimum Gasteiger partial charge on any atom is -0.316 e. The van der Waals surface area contributed by atoms with E-state index >= 15 is 0 Å². The van der Waals surface area contributed by atoms with Gasteiger partial charge in [-0.2, -0.15) is 5.26 Å². The van der Waals surface area contributed by atoms with Crippen molar-refractivity contribution in [2.75, 3.05) is 13.1 Å². The number of nitrogens with zero attached hydrogens (tertiary/aromatic N) is 1. The molecule has 0 aromatic heterocycles. The molecule has 0 amide bonds. The molecular weight excluding hydrogens is 172 g/mol. The van der Waals surface area contributed by atoms with Gasteiger partial charge in [0, 0.05) is 6.54 Å². The number of benzene rings is 1. The van der Waals surface area contributed by atoms with Crippen molar-refractivity contribution in [3.05, 3.63) is 35.4 Å². The second-order valence-corrected chi connectivity index (χ2v) is 3.44. The Hall–Kier alpha value is -1.33. The molecular formula is C12H16N2. The largest absolute Gasteiger partial charge is 0.316 e. The molecule has 74 valence electrons. The predicted molar refractivity (Wildman–Crippen MR) is 58.1 cm³/mol. The molecule has 1 rings (SSSR count). The lowest BCUT2D eigenvalue weighted by Crippen LogP contribution is -2.19. The Morgan fingerprint density at radius 1 is 1.36 bits per heavy atom. The molecule has 14 heavy (non-hydrogen) atoms. The van der Waals surface area contributed by atoms with E-state index in [2.05, 4.69) is 25.2 Å². The summed E-state index contributed by atoms with van der Waals surface area (Å²) in [7, 11) is 0. The Bertz CT molecular complexity index is 308. The smallest absolute Gasteiger partial charge is 0.0991 e. The number of nitrogens with one attached hydrogen (secondary N) is 1. The standard InChI is InChI=1S/C12H16N2/c1-3-14-9-10(2)12-6-4-11(8-13)5-7-12/h4-7,10,14H,3,9H2,1-2H3. The van der Waals surface area contributed by atoms with Crippen molar-refractivity contribution in [1.82, 2.24) is 5.32 Å². The van der Waals surface area contributed by atoms with E-state index in [9.17, 15) is 0 Å². The molecule has 1 aromatic rings. The third-order valence-corrected chi connectivity index (χ3v) is 2.31. The highest BCUT2D eigenvalue weighted by Gasteiger charge is 2.03. The summed E-state index contributed by atoms with van der Waals surface area (Å²) in [6.07, 6.45) is 0. The second kappa shape index (κ2) is 5.41. The van der Waals surface area contributed by atoms with Gasteiger partial charge in [0.15, 0.2) is 0 Å². The quantitative estimate of drug-likeness (QED) is 0.786. The SMILES string of the molecule is CCNCC(C)c1ccc(C#N)cc1. The average molecular weight is 188 g/mol. The van der Waals surface area contributed by atoms with Crippen LogP contribution in [0.15, 0.2) is 24.3 Å². The molecule has 0 saturated carbocycles. The summed E-state index contributed by atoms with van der Waals surface area (Å²) in [5, 5.41) is 12.0. The lowest BCUT2D eigenvalue weighted by atomic mass is 10.00. The topological polar surface area (TPSA) is 35.8 Å². The minimum absolute atomic E-state index is 0.502. The molecule has 1 atom stereocenters. The average Bonchev–Trinajstić information content (AvgIpc) is 2.26. The van der Waals surface area contributed by atoms with Crippen LogP contribution in [0.3, 0.4) is 0 Å². The normalized spacial score (nSPS) is 12.1. The van der Waals surface area contributed by atoms with Crippen LogP contribution in [0.2, 0.25) is 0 Å². The van der Waals surface area contributed by atoms with Gasteiger partial charge in [-0.25, -0.2) is 0 Å². The molecule has 0 spiro atoms. The summed E-state index contributed by atoms with van der Waals surface area (Å²) in [4.78, 5) is 0. The number of likely N-dealkylation sites (N-methyl/N-ethyl adjacent to an activating group) is 1. The van der Waals surface area contributed by atoms with Crippen LogP contribution in [-0.4, -0.2) is 13.1 Å². The maximum Gasteiger partial charge on any atom is 0.0991 e. The van der Waals surface area contributed by atoms with Crippen LogP contribution in [0.25, 0.3) is 0 Å². The van der Waals surface area contributed by atoms with Gasteiger partial charge in [-0.05, 0) is 30.2 Å². The van der Waals surface area contributed by atoms with Crippen molar-refractivity contribution < 1.29 is 0 Å². The van der Waals surface area contributed by atoms with Gasteiger partial charge in [-0.15, -0.1) is 0 Å². The Kier molecular flexibility index (Phi) is 4.15. The van der Waals surface area contributed by atoms with Gasteiger partial charge in [0.1, 0.15) is 0 Å². The second-order valence-electron chi connectivity index (χ2n) is 3.44. The first-order valence-corrected chi connectivity index (χ1v) is 4.98. The Balaban J connectivity index is 2.63. The summed E-state index contributed by atoms with van der Waals surface area (Å²) >= 11 is 0. The highest BCUT2D eigenvalue weighted by atomic mass is 14.8. The van der Waals surface area contributed by atoms with E-state index < -0.39 is 0 Å². The van der Waals surface area contributed by atoms with E-state index in [0.29, 0.717) is 5.92 Å². The van der Waals surface area contributed by atoms with Crippen LogP contribution in [0.1, 0.15) is 30.9 Å². The van der Waals surface area contributed by atoms with Gasteiger partial charge in [-0.3, -0.25) is 0 Å². The van der Waals surface area contributed by atoms with Crippen molar-refractivity contribution in [2.45, 2.75) is 19.8 Å². The molecule has 0 bridgehead atoms. The Labute approximate surface area is 85.6 Å². The van der Waals surface area contributed by atoms with Crippen molar-refractivity contribution in [3.8, 4) is 6.07 Å². The van der Waals surface area contributed by atoms with Crippen LogP contribution in [0.5, 0.6) is 0 Å². The highest BCUT2D eigenvalue weighted by Crippen LogP contribution is 2.14. The first-order chi connectivity index (χ1) is 6.77. The molecule has 0 fully saturated rings. The molecule has 1 aromatic carbocycles. The van der Waals surface area contributed by atoms with E-state index in [1.807, 2.05) is 24.3 Å².